The number of hydrogen-bond donors (Lipinski definition) is 19. The van der Waals surface area contributed by atoms with Gasteiger partial charge >= 0.3 is 24.2 Å². The van der Waals surface area contributed by atoms with Crippen LogP contribution in [0, 0.1) is 17.8 Å². The molecule has 37 nitrogen and oxygen atoms in total. The zero-order valence-corrected chi connectivity index (χ0v) is 63.9. The lowest BCUT2D eigenvalue weighted by atomic mass is 9.94. The lowest BCUT2D eigenvalue weighted by Gasteiger charge is -2.37. The van der Waals surface area contributed by atoms with Crippen LogP contribution < -0.4 is 75.7 Å². The number of nitrogens with one attached hydrogen (secondary N) is 11. The second-order valence-corrected chi connectivity index (χ2v) is 29.0. The van der Waals surface area contributed by atoms with Crippen LogP contribution in [0.1, 0.15) is 140 Å². The van der Waals surface area contributed by atoms with Crippen LogP contribution >= 0.6 is 0 Å². The molecule has 0 radical (unpaired) electrons. The SMILES string of the molecule is CC[C@H](C)[C@@H]1NC(=O)[C@@H](CCCN=C(N)N)NC(=O)[C@H](CC(C)C)NC(=O)[C@H]([C@H](O)C(C)C)NC(=O)[C@@H](NC(=O)[C@](C)(COC(C)(C)C)NC(=O)[C@@H](Cc2ccccc2)NC(=O)OC(C)(C)C)[C@@H](c2ccccc2)OC(=O)[C@H](CO)NC(=O)[C@H]([C@H](O)C(N)=O)NC(=O)CNC(=O)[C@H]([C@H](C)O)NC1=O.O=C(O)C(F)(F)F. The second-order valence-electron chi connectivity index (χ2n) is 29.0. The molecule has 3 rings (SSSR count). The van der Waals surface area contributed by atoms with E-state index in [9.17, 15) is 81.5 Å². The lowest BCUT2D eigenvalue weighted by Crippen LogP contribution is -2.67. The molecule has 0 spiro atoms. The molecule has 0 aromatic heterocycles. The Hall–Kier alpha value is -10.3. The number of guanidine groups is 1. The Labute approximate surface area is 634 Å². The van der Waals surface area contributed by atoms with Gasteiger partial charge in [-0.3, -0.25) is 57.7 Å². The number of aliphatic imine (C=N–C) groups is 1. The average molecular weight is 1570 g/mol. The van der Waals surface area contributed by atoms with Gasteiger partial charge < -0.3 is 115 Å². The molecular weight excluding hydrogens is 1460 g/mol. The molecule has 0 aliphatic carbocycles. The molecule has 1 heterocycles. The summed E-state index contributed by atoms with van der Waals surface area (Å²) in [6.07, 6.45) is -14.9. The highest BCUT2D eigenvalue weighted by Crippen LogP contribution is 2.26. The number of nitrogens with zero attached hydrogens (tertiary/aromatic N) is 1. The number of primary amides is 1. The van der Waals surface area contributed by atoms with Crippen molar-refractivity contribution in [2.75, 3.05) is 26.3 Å². The number of carboxylic acids is 1. The zero-order chi connectivity index (χ0) is 84.1. The number of ether oxygens (including phenoxy) is 3. The van der Waals surface area contributed by atoms with Crippen LogP contribution in [0.15, 0.2) is 65.7 Å². The van der Waals surface area contributed by atoms with E-state index >= 15 is 14.4 Å². The number of alkyl halides is 3. The summed E-state index contributed by atoms with van der Waals surface area (Å²) in [7, 11) is 0. The van der Waals surface area contributed by atoms with Crippen molar-refractivity contribution in [2.24, 2.45) is 39.9 Å². The third-order valence-corrected chi connectivity index (χ3v) is 16.3. The van der Waals surface area contributed by atoms with Gasteiger partial charge in [0.25, 0.3) is 0 Å². The largest absolute Gasteiger partial charge is 0.490 e. The highest BCUT2D eigenvalue weighted by atomic mass is 19.4. The van der Waals surface area contributed by atoms with E-state index in [2.05, 4.69) is 52.8 Å². The van der Waals surface area contributed by atoms with Crippen molar-refractivity contribution in [2.45, 2.75) is 231 Å². The molecule has 1 saturated heterocycles. The number of benzene rings is 2. The Morgan fingerprint density at radius 1 is 0.664 bits per heavy atom. The van der Waals surface area contributed by atoms with Crippen molar-refractivity contribution in [3.05, 3.63) is 71.8 Å². The fourth-order valence-corrected chi connectivity index (χ4v) is 10.1. The number of esters is 1. The van der Waals surface area contributed by atoms with Crippen LogP contribution in [0.25, 0.3) is 0 Å². The summed E-state index contributed by atoms with van der Waals surface area (Å²) in [6, 6.07) is -2.00. The van der Waals surface area contributed by atoms with E-state index in [4.69, 9.17) is 41.3 Å². The number of amides is 12. The number of aliphatic hydroxyl groups excluding tert-OH is 4. The number of hydrogen-bond acceptors (Lipinski definition) is 22. The maximum atomic E-state index is 15.8. The molecule has 2 aromatic carbocycles. The predicted octanol–water partition coefficient (Wildman–Crippen LogP) is -2.88. The molecule has 110 heavy (non-hydrogen) atoms. The van der Waals surface area contributed by atoms with Crippen molar-refractivity contribution >= 4 is 89.0 Å². The van der Waals surface area contributed by atoms with Crippen molar-refractivity contribution in [1.29, 1.82) is 0 Å². The first-order valence-corrected chi connectivity index (χ1v) is 35.1. The first-order valence-electron chi connectivity index (χ1n) is 35.1. The number of carbonyl (C=O) groups excluding carboxylic acids is 13. The topological polar surface area (TPSA) is 591 Å². The van der Waals surface area contributed by atoms with Gasteiger partial charge in [0.2, 0.25) is 65.0 Å². The van der Waals surface area contributed by atoms with E-state index < -0.39 is 222 Å². The van der Waals surface area contributed by atoms with E-state index in [1.807, 2.05) is 10.6 Å². The Morgan fingerprint density at radius 3 is 1.68 bits per heavy atom. The molecular formula is C70H108F3N15O22. The number of nitrogens with two attached hydrogens (primary N) is 3. The Kier molecular flexibility index (Phi) is 38.1. The smallest absolute Gasteiger partial charge is 0.475 e. The van der Waals surface area contributed by atoms with Gasteiger partial charge in [-0.2, -0.15) is 13.2 Å². The van der Waals surface area contributed by atoms with Crippen LogP contribution in [-0.4, -0.2) is 236 Å². The minimum Gasteiger partial charge on any atom is -0.475 e. The van der Waals surface area contributed by atoms with E-state index in [1.54, 1.807) is 99.6 Å². The van der Waals surface area contributed by atoms with E-state index in [0.717, 1.165) is 6.92 Å². The molecule has 1 aliphatic rings. The van der Waals surface area contributed by atoms with Crippen molar-refractivity contribution < 1.29 is 120 Å². The Balaban J connectivity index is 0.00000557. The molecule has 40 heteroatoms. The Morgan fingerprint density at radius 2 is 1.18 bits per heavy atom. The van der Waals surface area contributed by atoms with Gasteiger partial charge in [-0.1, -0.05) is 109 Å². The zero-order valence-electron chi connectivity index (χ0n) is 63.9. The number of alkyl carbamates (subject to hydrolysis) is 1. The minimum absolute atomic E-state index is 0.0178. The van der Waals surface area contributed by atoms with Gasteiger partial charge in [0, 0.05) is 13.0 Å². The van der Waals surface area contributed by atoms with E-state index in [-0.39, 0.29) is 50.2 Å². The van der Waals surface area contributed by atoms with Gasteiger partial charge in [0.1, 0.15) is 59.5 Å². The molecule has 12 amide bonds. The fraction of sp³-hybridized carbons (Fsp3) is 0.614. The van der Waals surface area contributed by atoms with Crippen LogP contribution in [-0.2, 0) is 83.0 Å². The summed E-state index contributed by atoms with van der Waals surface area (Å²) in [5, 5.41) is 78.4. The van der Waals surface area contributed by atoms with Crippen LogP contribution in [0.3, 0.4) is 0 Å². The molecule has 0 bridgehead atoms. The highest BCUT2D eigenvalue weighted by molar-refractivity contribution is 6.01. The normalized spacial score (nSPS) is 22.7. The van der Waals surface area contributed by atoms with Crippen molar-refractivity contribution in [1.82, 2.24) is 58.5 Å². The number of aliphatic hydroxyl groups is 4. The summed E-state index contributed by atoms with van der Waals surface area (Å²) in [5.74, 6) is -20.7. The minimum atomic E-state index is -5.08. The number of carbonyl (C=O) groups is 14. The third kappa shape index (κ3) is 32.9. The molecule has 1 fully saturated rings. The van der Waals surface area contributed by atoms with Gasteiger partial charge in [-0.15, -0.1) is 0 Å². The average Bonchev–Trinajstić information content (AvgIpc) is 0.798. The van der Waals surface area contributed by atoms with Crippen LogP contribution in [0.2, 0.25) is 0 Å². The van der Waals surface area contributed by atoms with E-state index in [1.165, 1.54) is 51.1 Å². The lowest BCUT2D eigenvalue weighted by molar-refractivity contribution is -0.192. The monoisotopic (exact) mass is 1570 g/mol. The predicted molar refractivity (Wildman–Crippen MR) is 387 cm³/mol. The van der Waals surface area contributed by atoms with Gasteiger partial charge in [-0.25, -0.2) is 14.4 Å². The second kappa shape index (κ2) is 43.8. The standard InChI is InChI=1S/C68H107N15O20.C2HF3O2/c1-15-36(6)45-58(94)80-46(37(7)85)57(93)73-31-44(86)78-48(51(88)53(69)89)60(96)76-43(32-84)62(98)102-52(39-25-20-17-21-26-39)49(82-63(99)68(14,33-101-66(8,9)10)83-56(92)42(30-38-23-18-16-19-24-38)77-65(100)103-67(11,12)13)61(97)81-47(50(87)35(4)5)59(95)75-41(29-34(2)3)55(91)74-40(54(90)79-45)27-22-28-72-64(70)71;3-2(4,5)1(6)7/h16-21,23-26,34-37,40-43,45-52,84-85,87-88H,15,22,27-33H2,1-14H3,(H2,69,89)(H,73,93)(H,74,91)(H,75,95)(H,76,96)(H,77,100)(H,78,86)(H,79,90)(H,80,94)(H,81,97)(H,82,99)(H,83,92)(H4,70,71,72);(H,6,7)/t36-,37-,40+,41-,42+,43-,45-,46-,47-,48-,49-,50+,51-,52+,68-;/m0./s1. The third-order valence-electron chi connectivity index (χ3n) is 16.3. The van der Waals surface area contributed by atoms with Crippen LogP contribution in [0.4, 0.5) is 18.0 Å². The van der Waals surface area contributed by atoms with Gasteiger partial charge in [0.15, 0.2) is 24.2 Å². The molecule has 15 atom stereocenters. The molecule has 22 N–H and O–H groups in total. The summed E-state index contributed by atoms with van der Waals surface area (Å²) in [4.78, 5) is 200. The molecule has 1 aliphatic heterocycles. The number of aliphatic carboxylic acids is 1. The number of rotatable bonds is 24. The first kappa shape index (κ1) is 95.8. The number of carboxylic acid groups (broad SMARTS) is 1. The summed E-state index contributed by atoms with van der Waals surface area (Å²) in [5.41, 5.74) is 12.5. The van der Waals surface area contributed by atoms with Gasteiger partial charge in [-0.05, 0) is 104 Å². The number of cyclic esters (lactones) is 1. The van der Waals surface area contributed by atoms with Crippen LogP contribution in [0.5, 0.6) is 0 Å². The van der Waals surface area contributed by atoms with Crippen molar-refractivity contribution in [3.63, 3.8) is 0 Å². The molecule has 0 saturated carbocycles. The Bertz CT molecular complexity index is 3500. The molecule has 0 unspecified atom stereocenters. The summed E-state index contributed by atoms with van der Waals surface area (Å²) >= 11 is 0. The quantitative estimate of drug-likeness (QED) is 0.0217. The maximum absolute atomic E-state index is 15.8. The summed E-state index contributed by atoms with van der Waals surface area (Å²) < 4.78 is 49.4. The first-order chi connectivity index (χ1) is 50.9. The van der Waals surface area contributed by atoms with Gasteiger partial charge in [0.05, 0.1) is 37.6 Å². The van der Waals surface area contributed by atoms with Crippen molar-refractivity contribution in [3.8, 4) is 0 Å². The highest BCUT2D eigenvalue weighted by Gasteiger charge is 2.47. The number of halogens is 3. The fourth-order valence-electron chi connectivity index (χ4n) is 10.1. The molecule has 616 valence electrons. The molecule has 2 aromatic rings. The van der Waals surface area contributed by atoms with E-state index in [0.29, 0.717) is 5.56 Å². The maximum Gasteiger partial charge on any atom is 0.490 e. The summed E-state index contributed by atoms with van der Waals surface area (Å²) in [6.45, 7) is 18.1.